The van der Waals surface area contributed by atoms with Gasteiger partial charge in [0.2, 0.25) is 0 Å². The molecule has 0 saturated carbocycles. The zero-order valence-electron chi connectivity index (χ0n) is 15.9. The van der Waals surface area contributed by atoms with Crippen LogP contribution in [0.4, 0.5) is 0 Å². The fraction of sp³-hybridized carbons (Fsp3) is 0.208. The molecule has 0 saturated heterocycles. The van der Waals surface area contributed by atoms with Crippen LogP contribution in [0, 0.1) is 0 Å². The monoisotopic (exact) mass is 360 g/mol. The fourth-order valence-electron chi connectivity index (χ4n) is 2.85. The van der Waals surface area contributed by atoms with E-state index in [0.29, 0.717) is 5.75 Å². The average molecular weight is 360 g/mol. The van der Waals surface area contributed by atoms with Gasteiger partial charge in [-0.1, -0.05) is 66.7 Å². The van der Waals surface area contributed by atoms with Gasteiger partial charge in [-0.25, -0.2) is 4.79 Å². The summed E-state index contributed by atoms with van der Waals surface area (Å²) < 4.78 is 10.8. The first-order valence-electron chi connectivity index (χ1n) is 9.02. The van der Waals surface area contributed by atoms with E-state index in [-0.39, 0.29) is 12.6 Å². The highest BCUT2D eigenvalue weighted by molar-refractivity contribution is 5.83. The minimum absolute atomic E-state index is 0.1000. The average Bonchev–Trinajstić information content (AvgIpc) is 2.66. The number of rotatable bonds is 5. The van der Waals surface area contributed by atoms with Crippen LogP contribution in [0.25, 0.3) is 22.3 Å². The molecule has 0 aromatic heterocycles. The Morgan fingerprint density at radius 3 is 1.81 bits per heavy atom. The molecule has 0 bridgehead atoms. The number of carbonyl (C=O) groups is 1. The highest BCUT2D eigenvalue weighted by Crippen LogP contribution is 2.32. The number of hydrogen-bond acceptors (Lipinski definition) is 3. The molecule has 0 amide bonds. The maximum absolute atomic E-state index is 11.8. The van der Waals surface area contributed by atoms with Crippen molar-refractivity contribution in [3.05, 3.63) is 78.9 Å². The normalized spacial score (nSPS) is 11.1. The Morgan fingerprint density at radius 1 is 0.741 bits per heavy atom. The smallest absolute Gasteiger partial charge is 0.344 e. The molecule has 0 fully saturated rings. The molecule has 0 atom stereocenters. The van der Waals surface area contributed by atoms with Gasteiger partial charge in [0.25, 0.3) is 0 Å². The summed E-state index contributed by atoms with van der Waals surface area (Å²) in [5.74, 6) is 0.266. The molecular formula is C24H24O3. The van der Waals surface area contributed by atoms with Crippen molar-refractivity contribution >= 4 is 5.97 Å². The van der Waals surface area contributed by atoms with Crippen molar-refractivity contribution in [2.45, 2.75) is 26.4 Å². The first kappa shape index (κ1) is 18.7. The predicted molar refractivity (Wildman–Crippen MR) is 109 cm³/mol. The molecule has 27 heavy (non-hydrogen) atoms. The molecule has 0 spiro atoms. The number of hydrogen-bond donors (Lipinski definition) is 0. The van der Waals surface area contributed by atoms with Crippen LogP contribution in [-0.2, 0) is 9.53 Å². The van der Waals surface area contributed by atoms with Crippen molar-refractivity contribution < 1.29 is 14.3 Å². The zero-order chi connectivity index (χ0) is 19.3. The molecule has 0 aliphatic heterocycles. The number of benzene rings is 3. The van der Waals surface area contributed by atoms with Crippen molar-refractivity contribution in [3.63, 3.8) is 0 Å². The first-order valence-corrected chi connectivity index (χ1v) is 9.02. The summed E-state index contributed by atoms with van der Waals surface area (Å²) in [6, 6.07) is 26.4. The summed E-state index contributed by atoms with van der Waals surface area (Å²) in [5, 5.41) is 0. The van der Waals surface area contributed by atoms with Gasteiger partial charge in [0.15, 0.2) is 6.61 Å². The Balaban J connectivity index is 1.74. The van der Waals surface area contributed by atoms with Crippen molar-refractivity contribution in [1.29, 1.82) is 0 Å². The van der Waals surface area contributed by atoms with Crippen molar-refractivity contribution in [1.82, 2.24) is 0 Å². The molecule has 0 unspecified atom stereocenters. The Labute approximate surface area is 160 Å². The van der Waals surface area contributed by atoms with Gasteiger partial charge >= 0.3 is 5.97 Å². The van der Waals surface area contributed by atoms with Gasteiger partial charge in [-0.3, -0.25) is 0 Å². The topological polar surface area (TPSA) is 35.5 Å². The standard InChI is InChI=1S/C24H24O3/c1-24(2,3)27-23(25)17-26-20-15-13-19(14-16-20)22-12-8-7-11-21(22)18-9-5-4-6-10-18/h4-16H,17H2,1-3H3. The van der Waals surface area contributed by atoms with Crippen molar-refractivity contribution in [3.8, 4) is 28.0 Å². The van der Waals surface area contributed by atoms with E-state index in [1.807, 2.05) is 75.4 Å². The van der Waals surface area contributed by atoms with Crippen LogP contribution in [0.3, 0.4) is 0 Å². The highest BCUT2D eigenvalue weighted by atomic mass is 16.6. The fourth-order valence-corrected chi connectivity index (χ4v) is 2.85. The molecule has 3 nitrogen and oxygen atoms in total. The quantitative estimate of drug-likeness (QED) is 0.544. The molecule has 3 aromatic rings. The molecule has 0 heterocycles. The number of ether oxygens (including phenoxy) is 2. The third-order valence-corrected chi connectivity index (χ3v) is 3.95. The molecular weight excluding hydrogens is 336 g/mol. The second-order valence-electron chi connectivity index (χ2n) is 7.31. The molecule has 0 N–H and O–H groups in total. The molecule has 3 heteroatoms. The van der Waals surface area contributed by atoms with E-state index >= 15 is 0 Å². The van der Waals surface area contributed by atoms with Crippen LogP contribution >= 0.6 is 0 Å². The van der Waals surface area contributed by atoms with E-state index in [2.05, 4.69) is 24.3 Å². The summed E-state index contributed by atoms with van der Waals surface area (Å²) in [6.45, 7) is 5.41. The predicted octanol–water partition coefficient (Wildman–Crippen LogP) is 5.74. The van der Waals surface area contributed by atoms with E-state index in [1.165, 1.54) is 11.1 Å². The Morgan fingerprint density at radius 2 is 1.26 bits per heavy atom. The van der Waals surface area contributed by atoms with Crippen LogP contribution in [0.1, 0.15) is 20.8 Å². The summed E-state index contributed by atoms with van der Waals surface area (Å²) in [4.78, 5) is 11.8. The third kappa shape index (κ3) is 5.20. The molecule has 0 aliphatic carbocycles. The molecule has 0 aliphatic rings. The van der Waals surface area contributed by atoms with Crippen LogP contribution in [0.5, 0.6) is 5.75 Å². The molecule has 138 valence electrons. The van der Waals surface area contributed by atoms with Crippen molar-refractivity contribution in [2.75, 3.05) is 6.61 Å². The minimum Gasteiger partial charge on any atom is -0.482 e. The lowest BCUT2D eigenvalue weighted by Gasteiger charge is -2.19. The Hall–Kier alpha value is -3.07. The maximum atomic E-state index is 11.8. The van der Waals surface area contributed by atoms with Crippen LogP contribution in [0.15, 0.2) is 78.9 Å². The van der Waals surface area contributed by atoms with Gasteiger partial charge in [-0.15, -0.1) is 0 Å². The zero-order valence-corrected chi connectivity index (χ0v) is 15.9. The summed E-state index contributed by atoms with van der Waals surface area (Å²) >= 11 is 0. The van der Waals surface area contributed by atoms with Gasteiger partial charge in [0.1, 0.15) is 11.4 Å². The molecule has 0 radical (unpaired) electrons. The summed E-state index contributed by atoms with van der Waals surface area (Å²) in [5.41, 5.74) is 4.10. The van der Waals surface area contributed by atoms with Gasteiger partial charge in [0.05, 0.1) is 0 Å². The van der Waals surface area contributed by atoms with Crippen molar-refractivity contribution in [2.24, 2.45) is 0 Å². The number of esters is 1. The van der Waals surface area contributed by atoms with Crippen LogP contribution < -0.4 is 4.74 Å². The van der Waals surface area contributed by atoms with E-state index in [0.717, 1.165) is 11.1 Å². The lowest BCUT2D eigenvalue weighted by Crippen LogP contribution is -2.27. The second kappa shape index (κ2) is 8.09. The van der Waals surface area contributed by atoms with E-state index < -0.39 is 5.60 Å². The largest absolute Gasteiger partial charge is 0.482 e. The molecule has 3 aromatic carbocycles. The van der Waals surface area contributed by atoms with Crippen LogP contribution in [-0.4, -0.2) is 18.2 Å². The van der Waals surface area contributed by atoms with Gasteiger partial charge in [-0.05, 0) is 55.2 Å². The van der Waals surface area contributed by atoms with Gasteiger partial charge < -0.3 is 9.47 Å². The minimum atomic E-state index is -0.508. The lowest BCUT2D eigenvalue weighted by molar-refractivity contribution is -0.157. The summed E-state index contributed by atoms with van der Waals surface area (Å²) in [6.07, 6.45) is 0. The Kier molecular flexibility index (Phi) is 5.60. The van der Waals surface area contributed by atoms with E-state index in [1.54, 1.807) is 0 Å². The van der Waals surface area contributed by atoms with Gasteiger partial charge in [-0.2, -0.15) is 0 Å². The van der Waals surface area contributed by atoms with Gasteiger partial charge in [0, 0.05) is 0 Å². The lowest BCUT2D eigenvalue weighted by atomic mass is 9.95. The third-order valence-electron chi connectivity index (χ3n) is 3.95. The first-order chi connectivity index (χ1) is 12.9. The van der Waals surface area contributed by atoms with E-state index in [4.69, 9.17) is 9.47 Å². The molecule has 3 rings (SSSR count). The Bertz CT molecular complexity index is 891. The second-order valence-corrected chi connectivity index (χ2v) is 7.31. The van der Waals surface area contributed by atoms with E-state index in [9.17, 15) is 4.79 Å². The summed E-state index contributed by atoms with van der Waals surface area (Å²) in [7, 11) is 0. The number of carbonyl (C=O) groups excluding carboxylic acids is 1. The van der Waals surface area contributed by atoms with Crippen LogP contribution in [0.2, 0.25) is 0 Å². The SMILES string of the molecule is CC(C)(C)OC(=O)COc1ccc(-c2ccccc2-c2ccccc2)cc1. The maximum Gasteiger partial charge on any atom is 0.344 e. The highest BCUT2D eigenvalue weighted by Gasteiger charge is 2.16.